The van der Waals surface area contributed by atoms with Crippen LogP contribution in [0.4, 0.5) is 0 Å². The Kier molecular flexibility index (Phi) is 7.27. The van der Waals surface area contributed by atoms with E-state index in [1.165, 1.54) is 11.1 Å². The maximum absolute atomic E-state index is 10.1. The van der Waals surface area contributed by atoms with Crippen LogP contribution in [0.2, 0.25) is 0 Å². The summed E-state index contributed by atoms with van der Waals surface area (Å²) in [7, 11) is 0. The molecular weight excluding hydrogens is 286 g/mol. The molecule has 3 nitrogen and oxygen atoms in total. The summed E-state index contributed by atoms with van der Waals surface area (Å²) >= 11 is 0. The van der Waals surface area contributed by atoms with Crippen LogP contribution in [-0.2, 0) is 11.2 Å². The summed E-state index contributed by atoms with van der Waals surface area (Å²) in [6.45, 7) is 4.82. The van der Waals surface area contributed by atoms with Crippen molar-refractivity contribution < 1.29 is 9.84 Å². The first-order chi connectivity index (χ1) is 11.1. The standard InChI is InChI=1S/C20H27NO2/c1-16(2)23-15-19(22)14-21-20(18-11-7-4-8-12-18)13-17-9-5-3-6-10-17/h3-12,16,19-22H,13-15H2,1-2H3. The monoisotopic (exact) mass is 313 g/mol. The summed E-state index contributed by atoms with van der Waals surface area (Å²) in [5, 5.41) is 13.6. The molecule has 124 valence electrons. The van der Waals surface area contributed by atoms with Crippen LogP contribution >= 0.6 is 0 Å². The van der Waals surface area contributed by atoms with Crippen LogP contribution in [0.1, 0.15) is 31.0 Å². The van der Waals surface area contributed by atoms with Crippen LogP contribution in [0.25, 0.3) is 0 Å². The predicted molar refractivity (Wildman–Crippen MR) is 94.4 cm³/mol. The Hall–Kier alpha value is -1.68. The van der Waals surface area contributed by atoms with E-state index in [0.29, 0.717) is 13.2 Å². The molecule has 0 fully saturated rings. The summed E-state index contributed by atoms with van der Waals surface area (Å²) in [4.78, 5) is 0. The zero-order valence-corrected chi connectivity index (χ0v) is 14.0. The molecule has 0 saturated heterocycles. The highest BCUT2D eigenvalue weighted by atomic mass is 16.5. The molecule has 2 rings (SSSR count). The summed E-state index contributed by atoms with van der Waals surface area (Å²) < 4.78 is 5.47. The van der Waals surface area contributed by atoms with Crippen molar-refractivity contribution in [3.8, 4) is 0 Å². The number of ether oxygens (including phenoxy) is 1. The SMILES string of the molecule is CC(C)OCC(O)CNC(Cc1ccccc1)c1ccccc1. The molecule has 0 aliphatic rings. The lowest BCUT2D eigenvalue weighted by Gasteiger charge is -2.22. The van der Waals surface area contributed by atoms with Gasteiger partial charge in [-0.3, -0.25) is 0 Å². The van der Waals surface area contributed by atoms with Crippen molar-refractivity contribution in [1.82, 2.24) is 5.32 Å². The number of hydrogen-bond acceptors (Lipinski definition) is 3. The van der Waals surface area contributed by atoms with E-state index in [4.69, 9.17) is 4.74 Å². The van der Waals surface area contributed by atoms with Crippen LogP contribution in [0.3, 0.4) is 0 Å². The number of rotatable bonds is 9. The van der Waals surface area contributed by atoms with Gasteiger partial charge in [0.05, 0.1) is 18.8 Å². The third-order valence-electron chi connectivity index (χ3n) is 3.71. The van der Waals surface area contributed by atoms with E-state index >= 15 is 0 Å². The van der Waals surface area contributed by atoms with Crippen molar-refractivity contribution in [1.29, 1.82) is 0 Å². The normalized spacial score (nSPS) is 13.9. The minimum absolute atomic E-state index is 0.138. The van der Waals surface area contributed by atoms with E-state index < -0.39 is 6.10 Å². The fourth-order valence-electron chi connectivity index (χ4n) is 2.48. The van der Waals surface area contributed by atoms with Gasteiger partial charge in [0, 0.05) is 12.6 Å². The van der Waals surface area contributed by atoms with Gasteiger partial charge in [-0.25, -0.2) is 0 Å². The molecule has 2 aromatic rings. The number of nitrogens with one attached hydrogen (secondary N) is 1. The van der Waals surface area contributed by atoms with E-state index in [1.807, 2.05) is 38.1 Å². The molecule has 0 spiro atoms. The zero-order chi connectivity index (χ0) is 16.5. The lowest BCUT2D eigenvalue weighted by atomic mass is 9.98. The van der Waals surface area contributed by atoms with E-state index in [0.717, 1.165) is 6.42 Å². The van der Waals surface area contributed by atoms with Crippen molar-refractivity contribution in [3.63, 3.8) is 0 Å². The summed E-state index contributed by atoms with van der Waals surface area (Å²) in [5.41, 5.74) is 2.51. The summed E-state index contributed by atoms with van der Waals surface area (Å²) in [6.07, 6.45) is 0.529. The molecule has 0 heterocycles. The molecule has 0 amide bonds. The van der Waals surface area contributed by atoms with Gasteiger partial charge < -0.3 is 15.2 Å². The Labute approximate surface area is 139 Å². The fraction of sp³-hybridized carbons (Fsp3) is 0.400. The topological polar surface area (TPSA) is 41.5 Å². The van der Waals surface area contributed by atoms with Gasteiger partial charge in [-0.2, -0.15) is 0 Å². The Morgan fingerprint density at radius 2 is 1.57 bits per heavy atom. The van der Waals surface area contributed by atoms with Crippen molar-refractivity contribution in [3.05, 3.63) is 71.8 Å². The van der Waals surface area contributed by atoms with Crippen LogP contribution < -0.4 is 5.32 Å². The van der Waals surface area contributed by atoms with E-state index in [2.05, 4.69) is 41.7 Å². The van der Waals surface area contributed by atoms with Gasteiger partial charge in [0.2, 0.25) is 0 Å². The first kappa shape index (κ1) is 17.7. The van der Waals surface area contributed by atoms with Gasteiger partial charge in [-0.15, -0.1) is 0 Å². The third-order valence-corrected chi connectivity index (χ3v) is 3.71. The number of aliphatic hydroxyl groups is 1. The molecule has 2 unspecified atom stereocenters. The predicted octanol–water partition coefficient (Wildman–Crippen LogP) is 3.35. The van der Waals surface area contributed by atoms with Crippen molar-refractivity contribution in [2.24, 2.45) is 0 Å². The Morgan fingerprint density at radius 3 is 2.17 bits per heavy atom. The molecule has 0 aliphatic heterocycles. The van der Waals surface area contributed by atoms with Gasteiger partial charge in [0.25, 0.3) is 0 Å². The van der Waals surface area contributed by atoms with Gasteiger partial charge in [-0.05, 0) is 31.4 Å². The van der Waals surface area contributed by atoms with Gasteiger partial charge >= 0.3 is 0 Å². The quantitative estimate of drug-likeness (QED) is 0.746. The fourth-order valence-corrected chi connectivity index (χ4v) is 2.48. The first-order valence-corrected chi connectivity index (χ1v) is 8.27. The molecule has 0 aromatic heterocycles. The minimum atomic E-state index is -0.501. The number of aliphatic hydroxyl groups excluding tert-OH is 1. The first-order valence-electron chi connectivity index (χ1n) is 8.27. The van der Waals surface area contributed by atoms with Crippen molar-refractivity contribution in [2.75, 3.05) is 13.2 Å². The van der Waals surface area contributed by atoms with Crippen molar-refractivity contribution in [2.45, 2.75) is 38.5 Å². The molecule has 23 heavy (non-hydrogen) atoms. The van der Waals surface area contributed by atoms with Crippen LogP contribution in [0.5, 0.6) is 0 Å². The molecule has 2 atom stereocenters. The van der Waals surface area contributed by atoms with Crippen LogP contribution in [0.15, 0.2) is 60.7 Å². The average Bonchev–Trinajstić information content (AvgIpc) is 2.58. The molecule has 0 bridgehead atoms. The summed E-state index contributed by atoms with van der Waals surface area (Å²) in [6, 6.07) is 21.0. The second kappa shape index (κ2) is 9.46. The van der Waals surface area contributed by atoms with Crippen LogP contribution in [-0.4, -0.2) is 30.5 Å². The molecule has 2 aromatic carbocycles. The lowest BCUT2D eigenvalue weighted by Crippen LogP contribution is -2.34. The highest BCUT2D eigenvalue weighted by Gasteiger charge is 2.14. The van der Waals surface area contributed by atoms with E-state index in [1.54, 1.807) is 0 Å². The highest BCUT2D eigenvalue weighted by molar-refractivity contribution is 5.23. The molecule has 0 aliphatic carbocycles. The van der Waals surface area contributed by atoms with Gasteiger partial charge in [0.15, 0.2) is 0 Å². The molecule has 0 radical (unpaired) electrons. The zero-order valence-electron chi connectivity index (χ0n) is 14.0. The maximum Gasteiger partial charge on any atom is 0.0898 e. The number of benzene rings is 2. The maximum atomic E-state index is 10.1. The average molecular weight is 313 g/mol. The van der Waals surface area contributed by atoms with E-state index in [-0.39, 0.29) is 12.1 Å². The Bertz CT molecular complexity index is 542. The summed E-state index contributed by atoms with van der Waals surface area (Å²) in [5.74, 6) is 0. The largest absolute Gasteiger partial charge is 0.389 e. The Balaban J connectivity index is 1.97. The van der Waals surface area contributed by atoms with Gasteiger partial charge in [-0.1, -0.05) is 60.7 Å². The molecule has 0 saturated carbocycles. The minimum Gasteiger partial charge on any atom is -0.389 e. The highest BCUT2D eigenvalue weighted by Crippen LogP contribution is 2.18. The Morgan fingerprint density at radius 1 is 0.957 bits per heavy atom. The third kappa shape index (κ3) is 6.53. The smallest absolute Gasteiger partial charge is 0.0898 e. The van der Waals surface area contributed by atoms with Gasteiger partial charge in [0.1, 0.15) is 0 Å². The lowest BCUT2D eigenvalue weighted by molar-refractivity contribution is 0.00542. The van der Waals surface area contributed by atoms with Crippen molar-refractivity contribution >= 4 is 0 Å². The second-order valence-electron chi connectivity index (χ2n) is 6.10. The second-order valence-corrected chi connectivity index (χ2v) is 6.10. The molecule has 2 N–H and O–H groups in total. The molecular formula is C20H27NO2. The van der Waals surface area contributed by atoms with Crippen LogP contribution in [0, 0.1) is 0 Å². The van der Waals surface area contributed by atoms with E-state index in [9.17, 15) is 5.11 Å². The number of hydrogen-bond donors (Lipinski definition) is 2. The molecule has 3 heteroatoms.